The first-order chi connectivity index (χ1) is 12.3. The van der Waals surface area contributed by atoms with Crippen molar-refractivity contribution < 1.29 is 26.5 Å². The van der Waals surface area contributed by atoms with E-state index in [0.717, 1.165) is 36.8 Å². The molecule has 9 heteroatoms. The molecule has 164 valence electrons. The number of hydrogen-bond acceptors (Lipinski definition) is 5. The van der Waals surface area contributed by atoms with Crippen LogP contribution in [0.3, 0.4) is 0 Å². The Hall–Kier alpha value is 0.0200. The van der Waals surface area contributed by atoms with Gasteiger partial charge in [-0.15, -0.1) is 0 Å². The van der Waals surface area contributed by atoms with E-state index in [9.17, 15) is 13.0 Å². The second-order valence-electron chi connectivity index (χ2n) is 8.30. The quantitative estimate of drug-likeness (QED) is 0.230. The minimum Gasteiger partial charge on any atom is -0.328 e. The molecule has 0 aromatic carbocycles. The number of unbranched alkanes of at least 4 members (excludes halogenated alkanes) is 1. The lowest BCUT2D eigenvalue weighted by molar-refractivity contribution is -0.890. The van der Waals surface area contributed by atoms with Gasteiger partial charge in [-0.05, 0) is 34.1 Å². The van der Waals surface area contributed by atoms with Crippen molar-refractivity contribution in [1.29, 1.82) is 0 Å². The number of rotatable bonds is 16. The zero-order valence-corrected chi connectivity index (χ0v) is 20.1. The van der Waals surface area contributed by atoms with Gasteiger partial charge in [0.1, 0.15) is 0 Å². The largest absolute Gasteiger partial charge is 0.331 e. The first-order valence-corrected chi connectivity index (χ1v) is 13.4. The van der Waals surface area contributed by atoms with Crippen molar-refractivity contribution in [3.63, 3.8) is 0 Å². The van der Waals surface area contributed by atoms with Crippen LogP contribution >= 0.6 is 7.60 Å². The summed E-state index contributed by atoms with van der Waals surface area (Å²) >= 11 is 0. The van der Waals surface area contributed by atoms with Crippen molar-refractivity contribution in [2.24, 2.45) is 0 Å². The van der Waals surface area contributed by atoms with E-state index in [2.05, 4.69) is 18.8 Å². The average Bonchev–Trinajstić information content (AvgIpc) is 2.47. The summed E-state index contributed by atoms with van der Waals surface area (Å²) in [5.74, 6) is 0.197. The maximum Gasteiger partial charge on any atom is 0.331 e. The highest BCUT2D eigenvalue weighted by Gasteiger charge is 2.28. The Morgan fingerprint density at radius 1 is 0.963 bits per heavy atom. The maximum atomic E-state index is 12.8. The molecule has 0 amide bonds. The molecule has 0 aliphatic heterocycles. The second kappa shape index (κ2) is 12.6. The van der Waals surface area contributed by atoms with E-state index < -0.39 is 17.6 Å². The molecule has 7 nitrogen and oxygen atoms in total. The number of hydrogen-bond donors (Lipinski definition) is 1. The van der Waals surface area contributed by atoms with E-state index in [-0.39, 0.29) is 18.0 Å². The molecule has 0 spiro atoms. The summed E-state index contributed by atoms with van der Waals surface area (Å²) in [6, 6.07) is 0. The number of nitrogens with one attached hydrogen (secondary N) is 1. The SMILES string of the molecule is CCCCS(=O)(=O)NCCC[N+](C)(C)CCCP(=O)(OC(C)C)OC(C)C. The standard InChI is InChI=1S/C18H42N2O5PS/c1-8-9-16-27(22,23)19-12-10-13-20(6,7)14-11-15-26(21,24-17(2)3)25-18(4)5/h17-19H,8-16H2,1-7H3/q+1. The Labute approximate surface area is 167 Å². The number of nitrogens with zero attached hydrogens (tertiary/aromatic N) is 1. The lowest BCUT2D eigenvalue weighted by Crippen LogP contribution is -2.43. The molecule has 0 aromatic rings. The van der Waals surface area contributed by atoms with E-state index >= 15 is 0 Å². The third-order valence-electron chi connectivity index (χ3n) is 3.97. The lowest BCUT2D eigenvalue weighted by Gasteiger charge is -2.31. The summed E-state index contributed by atoms with van der Waals surface area (Å²) in [4.78, 5) is 0. The summed E-state index contributed by atoms with van der Waals surface area (Å²) in [7, 11) is -2.03. The van der Waals surface area contributed by atoms with Crippen LogP contribution in [0.4, 0.5) is 0 Å². The fraction of sp³-hybridized carbons (Fsp3) is 1.00. The van der Waals surface area contributed by atoms with E-state index in [4.69, 9.17) is 9.05 Å². The van der Waals surface area contributed by atoms with Crippen molar-refractivity contribution in [2.75, 3.05) is 45.6 Å². The Bertz CT molecular complexity index is 536. The van der Waals surface area contributed by atoms with Crippen molar-refractivity contribution in [3.8, 4) is 0 Å². The highest BCUT2D eigenvalue weighted by Crippen LogP contribution is 2.50. The van der Waals surface area contributed by atoms with Crippen LogP contribution in [0.15, 0.2) is 0 Å². The van der Waals surface area contributed by atoms with Crippen molar-refractivity contribution in [2.45, 2.75) is 72.5 Å². The zero-order chi connectivity index (χ0) is 21.1. The Morgan fingerprint density at radius 3 is 1.96 bits per heavy atom. The van der Waals surface area contributed by atoms with Gasteiger partial charge in [0.15, 0.2) is 0 Å². The lowest BCUT2D eigenvalue weighted by atomic mass is 10.3. The van der Waals surface area contributed by atoms with Gasteiger partial charge in [0.2, 0.25) is 10.0 Å². The van der Waals surface area contributed by atoms with Gasteiger partial charge in [0.25, 0.3) is 0 Å². The van der Waals surface area contributed by atoms with Crippen LogP contribution < -0.4 is 4.72 Å². The molecule has 0 saturated carbocycles. The summed E-state index contributed by atoms with van der Waals surface area (Å²) in [5.41, 5.74) is 0. The van der Waals surface area contributed by atoms with Gasteiger partial charge in [0.05, 0.1) is 51.3 Å². The van der Waals surface area contributed by atoms with E-state index in [0.29, 0.717) is 19.1 Å². The van der Waals surface area contributed by atoms with Crippen LogP contribution in [0.5, 0.6) is 0 Å². The van der Waals surface area contributed by atoms with Crippen LogP contribution in [-0.2, 0) is 23.6 Å². The number of quaternary nitrogens is 1. The third kappa shape index (κ3) is 14.6. The van der Waals surface area contributed by atoms with Gasteiger partial charge in [-0.3, -0.25) is 4.57 Å². The highest BCUT2D eigenvalue weighted by molar-refractivity contribution is 7.89. The number of sulfonamides is 1. The van der Waals surface area contributed by atoms with E-state index in [1.807, 2.05) is 34.6 Å². The van der Waals surface area contributed by atoms with Crippen molar-refractivity contribution >= 4 is 17.6 Å². The van der Waals surface area contributed by atoms with Gasteiger partial charge in [0, 0.05) is 19.4 Å². The van der Waals surface area contributed by atoms with Crippen LogP contribution in [0.1, 0.15) is 60.3 Å². The molecule has 0 aromatic heterocycles. The summed E-state index contributed by atoms with van der Waals surface area (Å²) < 4.78 is 51.0. The zero-order valence-electron chi connectivity index (χ0n) is 18.4. The van der Waals surface area contributed by atoms with Gasteiger partial charge >= 0.3 is 7.60 Å². The Morgan fingerprint density at radius 2 is 1.48 bits per heavy atom. The minimum atomic E-state index is -3.15. The fourth-order valence-corrected chi connectivity index (χ4v) is 6.06. The van der Waals surface area contributed by atoms with Gasteiger partial charge in [-0.2, -0.15) is 0 Å². The Kier molecular flexibility index (Phi) is 12.6. The smallest absolute Gasteiger partial charge is 0.328 e. The molecule has 0 heterocycles. The minimum absolute atomic E-state index is 0.141. The molecule has 0 aliphatic rings. The van der Waals surface area contributed by atoms with Crippen LogP contribution in [0.2, 0.25) is 0 Å². The van der Waals surface area contributed by atoms with Gasteiger partial charge in [-0.25, -0.2) is 13.1 Å². The predicted molar refractivity (Wildman–Crippen MR) is 113 cm³/mol. The molecule has 0 radical (unpaired) electrons. The first kappa shape index (κ1) is 27.0. The van der Waals surface area contributed by atoms with Gasteiger partial charge in [-0.1, -0.05) is 13.3 Å². The molecule has 0 atom stereocenters. The fourth-order valence-electron chi connectivity index (χ4n) is 2.72. The monoisotopic (exact) mass is 429 g/mol. The van der Waals surface area contributed by atoms with Crippen molar-refractivity contribution in [3.05, 3.63) is 0 Å². The van der Waals surface area contributed by atoms with E-state index in [1.165, 1.54) is 0 Å². The maximum absolute atomic E-state index is 12.8. The molecule has 0 fully saturated rings. The topological polar surface area (TPSA) is 81.7 Å². The molecule has 0 bridgehead atoms. The van der Waals surface area contributed by atoms with Crippen LogP contribution in [0.25, 0.3) is 0 Å². The van der Waals surface area contributed by atoms with Crippen molar-refractivity contribution in [1.82, 2.24) is 4.72 Å². The first-order valence-electron chi connectivity index (χ1n) is 10.1. The molecule has 1 N–H and O–H groups in total. The molecule has 0 unspecified atom stereocenters. The molecule has 27 heavy (non-hydrogen) atoms. The summed E-state index contributed by atoms with van der Waals surface area (Å²) in [6.45, 7) is 11.5. The van der Waals surface area contributed by atoms with Crippen LogP contribution in [0, 0.1) is 0 Å². The molecule has 0 rings (SSSR count). The molecule has 0 aliphatic carbocycles. The van der Waals surface area contributed by atoms with Gasteiger partial charge < -0.3 is 13.5 Å². The van der Waals surface area contributed by atoms with Crippen LogP contribution in [-0.4, -0.2) is 70.8 Å². The molecule has 0 saturated heterocycles. The highest BCUT2D eigenvalue weighted by atomic mass is 32.2. The molecular weight excluding hydrogens is 387 g/mol. The average molecular weight is 430 g/mol. The van der Waals surface area contributed by atoms with E-state index in [1.54, 1.807) is 0 Å². The normalized spacial score (nSPS) is 13.7. The summed E-state index contributed by atoms with van der Waals surface area (Å²) in [5, 5.41) is 0. The third-order valence-corrected chi connectivity index (χ3v) is 7.79. The Balaban J connectivity index is 4.32. The predicted octanol–water partition coefficient (Wildman–Crippen LogP) is 3.61. The summed E-state index contributed by atoms with van der Waals surface area (Å²) in [6.07, 6.45) is 3.17. The second-order valence-corrected chi connectivity index (χ2v) is 12.3. The molecular formula is C18H42N2O5PS+.